The maximum Gasteiger partial charge on any atom is 0.285 e. The van der Waals surface area contributed by atoms with Crippen LogP contribution in [0.1, 0.15) is 5.56 Å². The molecule has 2 aromatic heterocycles. The highest BCUT2D eigenvalue weighted by Crippen LogP contribution is 2.09. The molecule has 0 atom stereocenters. The summed E-state index contributed by atoms with van der Waals surface area (Å²) >= 11 is 0. The largest absolute Gasteiger partial charge is 0.354 e. The number of pyridine rings is 1. The lowest BCUT2D eigenvalue weighted by Gasteiger charge is -2.08. The van der Waals surface area contributed by atoms with E-state index in [4.69, 9.17) is 0 Å². The molecule has 3 rings (SSSR count). The van der Waals surface area contributed by atoms with Crippen LogP contribution in [0.25, 0.3) is 5.69 Å². The smallest absolute Gasteiger partial charge is 0.285 e. The highest BCUT2D eigenvalue weighted by molar-refractivity contribution is 5.75. The first-order valence-corrected chi connectivity index (χ1v) is 8.23. The first-order valence-electron chi connectivity index (χ1n) is 8.23. The van der Waals surface area contributed by atoms with E-state index in [9.17, 15) is 19.7 Å². The van der Waals surface area contributed by atoms with E-state index in [2.05, 4.69) is 10.4 Å². The molecule has 0 unspecified atom stereocenters. The molecule has 27 heavy (non-hydrogen) atoms. The Morgan fingerprint density at radius 3 is 2.63 bits per heavy atom. The van der Waals surface area contributed by atoms with E-state index < -0.39 is 10.5 Å². The molecular weight excluding hydrogens is 350 g/mol. The zero-order valence-electron chi connectivity index (χ0n) is 14.3. The van der Waals surface area contributed by atoms with Crippen molar-refractivity contribution in [2.45, 2.75) is 13.0 Å². The van der Waals surface area contributed by atoms with Crippen LogP contribution >= 0.6 is 0 Å². The first kappa shape index (κ1) is 18.1. The molecule has 1 amide bonds. The van der Waals surface area contributed by atoms with Gasteiger partial charge in [-0.15, -0.1) is 0 Å². The standard InChI is InChI=1S/C18H17N5O4/c24-17(13-21-12-16(23(26)27)6-7-18(21)25)19-10-8-14-2-4-15(5-3-14)22-11-1-9-20-22/h1-7,9,11-12H,8,10,13H2,(H,19,24). The van der Waals surface area contributed by atoms with Crippen LogP contribution in [-0.2, 0) is 17.8 Å². The van der Waals surface area contributed by atoms with Gasteiger partial charge in [-0.2, -0.15) is 5.10 Å². The third kappa shape index (κ3) is 4.66. The van der Waals surface area contributed by atoms with Crippen LogP contribution in [0.15, 0.2) is 65.8 Å². The molecule has 0 spiro atoms. The molecule has 0 radical (unpaired) electrons. The Labute approximate surface area is 154 Å². The van der Waals surface area contributed by atoms with Crippen LogP contribution in [0, 0.1) is 10.1 Å². The van der Waals surface area contributed by atoms with Gasteiger partial charge in [0, 0.05) is 31.1 Å². The molecular formula is C18H17N5O4. The van der Waals surface area contributed by atoms with Crippen molar-refractivity contribution in [1.29, 1.82) is 0 Å². The van der Waals surface area contributed by atoms with Crippen LogP contribution in [0.5, 0.6) is 0 Å². The SMILES string of the molecule is O=C(Cn1cc([N+](=O)[O-])ccc1=O)NCCc1ccc(-n2cccn2)cc1. The van der Waals surface area contributed by atoms with Crippen molar-refractivity contribution in [2.24, 2.45) is 0 Å². The number of aromatic nitrogens is 3. The monoisotopic (exact) mass is 367 g/mol. The Hall–Kier alpha value is -3.75. The molecule has 3 aromatic rings. The quantitative estimate of drug-likeness (QED) is 0.500. The Morgan fingerprint density at radius 2 is 1.96 bits per heavy atom. The summed E-state index contributed by atoms with van der Waals surface area (Å²) in [5, 5.41) is 17.6. The van der Waals surface area contributed by atoms with Crippen LogP contribution in [-0.4, -0.2) is 31.7 Å². The van der Waals surface area contributed by atoms with Gasteiger partial charge in [0.15, 0.2) is 0 Å². The van der Waals surface area contributed by atoms with Gasteiger partial charge in [-0.05, 0) is 30.2 Å². The van der Waals surface area contributed by atoms with Crippen molar-refractivity contribution < 1.29 is 9.72 Å². The van der Waals surface area contributed by atoms with E-state index in [0.717, 1.165) is 34.1 Å². The van der Waals surface area contributed by atoms with Crippen molar-refractivity contribution in [2.75, 3.05) is 6.54 Å². The van der Waals surface area contributed by atoms with Gasteiger partial charge in [0.2, 0.25) is 5.91 Å². The molecule has 1 aromatic carbocycles. The van der Waals surface area contributed by atoms with E-state index in [0.29, 0.717) is 13.0 Å². The number of carbonyl (C=O) groups is 1. The van der Waals surface area contributed by atoms with Gasteiger partial charge in [-0.1, -0.05) is 12.1 Å². The Balaban J connectivity index is 1.52. The average molecular weight is 367 g/mol. The fourth-order valence-electron chi connectivity index (χ4n) is 2.54. The van der Waals surface area contributed by atoms with E-state index in [1.807, 2.05) is 36.5 Å². The first-order chi connectivity index (χ1) is 13.0. The number of hydrogen-bond donors (Lipinski definition) is 1. The molecule has 2 heterocycles. The normalized spacial score (nSPS) is 10.5. The number of hydrogen-bond acceptors (Lipinski definition) is 5. The summed E-state index contributed by atoms with van der Waals surface area (Å²) in [4.78, 5) is 33.9. The highest BCUT2D eigenvalue weighted by Gasteiger charge is 2.10. The van der Waals surface area contributed by atoms with Gasteiger partial charge < -0.3 is 5.32 Å². The molecule has 0 fully saturated rings. The van der Waals surface area contributed by atoms with E-state index in [-0.39, 0.29) is 18.1 Å². The second kappa shape index (κ2) is 8.09. The molecule has 0 aliphatic heterocycles. The lowest BCUT2D eigenvalue weighted by atomic mass is 10.1. The maximum atomic E-state index is 12.0. The summed E-state index contributed by atoms with van der Waals surface area (Å²) < 4.78 is 2.77. The minimum Gasteiger partial charge on any atom is -0.354 e. The summed E-state index contributed by atoms with van der Waals surface area (Å²) in [6.45, 7) is 0.127. The summed E-state index contributed by atoms with van der Waals surface area (Å²) in [5.74, 6) is -0.384. The average Bonchev–Trinajstić information content (AvgIpc) is 3.18. The lowest BCUT2D eigenvalue weighted by molar-refractivity contribution is -0.385. The number of nitrogens with one attached hydrogen (secondary N) is 1. The van der Waals surface area contributed by atoms with Crippen LogP contribution in [0.4, 0.5) is 5.69 Å². The third-order valence-electron chi connectivity index (χ3n) is 3.93. The fourth-order valence-corrected chi connectivity index (χ4v) is 2.54. The Kier molecular flexibility index (Phi) is 5.41. The van der Waals surface area contributed by atoms with Crippen molar-refractivity contribution in [3.05, 3.63) is 87.1 Å². The second-order valence-electron chi connectivity index (χ2n) is 5.83. The molecule has 138 valence electrons. The molecule has 1 N–H and O–H groups in total. The van der Waals surface area contributed by atoms with Crippen LogP contribution in [0.3, 0.4) is 0 Å². The molecule has 0 saturated carbocycles. The Bertz CT molecular complexity index is 993. The fraction of sp³-hybridized carbons (Fsp3) is 0.167. The van der Waals surface area contributed by atoms with Gasteiger partial charge in [-0.25, -0.2) is 4.68 Å². The second-order valence-corrected chi connectivity index (χ2v) is 5.83. The number of nitro groups is 1. The molecule has 0 bridgehead atoms. The summed E-state index contributed by atoms with van der Waals surface area (Å²) in [6.07, 6.45) is 5.24. The topological polar surface area (TPSA) is 112 Å². The number of amides is 1. The summed E-state index contributed by atoms with van der Waals surface area (Å²) in [6, 6.07) is 11.8. The zero-order chi connectivity index (χ0) is 19.2. The van der Waals surface area contributed by atoms with E-state index >= 15 is 0 Å². The summed E-state index contributed by atoms with van der Waals surface area (Å²) in [7, 11) is 0. The Morgan fingerprint density at radius 1 is 1.19 bits per heavy atom. The van der Waals surface area contributed by atoms with Crippen molar-refractivity contribution in [1.82, 2.24) is 19.7 Å². The molecule has 0 saturated heterocycles. The number of carbonyl (C=O) groups excluding carboxylic acids is 1. The predicted octanol–water partition coefficient (Wildman–Crippen LogP) is 1.30. The highest BCUT2D eigenvalue weighted by atomic mass is 16.6. The van der Waals surface area contributed by atoms with E-state index in [1.165, 1.54) is 0 Å². The lowest BCUT2D eigenvalue weighted by Crippen LogP contribution is -2.33. The van der Waals surface area contributed by atoms with E-state index in [1.54, 1.807) is 10.9 Å². The minimum absolute atomic E-state index is 0.236. The predicted molar refractivity (Wildman–Crippen MR) is 97.6 cm³/mol. The van der Waals surface area contributed by atoms with Crippen molar-refractivity contribution in [3.8, 4) is 5.69 Å². The molecule has 0 aliphatic rings. The summed E-state index contributed by atoms with van der Waals surface area (Å²) in [5.41, 5.74) is 1.28. The minimum atomic E-state index is -0.610. The van der Waals surface area contributed by atoms with Crippen LogP contribution < -0.4 is 10.9 Å². The number of rotatable bonds is 7. The molecule has 9 heteroatoms. The van der Waals surface area contributed by atoms with Gasteiger partial charge in [0.25, 0.3) is 11.2 Å². The zero-order valence-corrected chi connectivity index (χ0v) is 14.3. The van der Waals surface area contributed by atoms with Gasteiger partial charge >= 0.3 is 0 Å². The maximum absolute atomic E-state index is 12.0. The number of nitrogens with zero attached hydrogens (tertiary/aromatic N) is 4. The molecule has 9 nitrogen and oxygen atoms in total. The van der Waals surface area contributed by atoms with Gasteiger partial charge in [0.1, 0.15) is 6.54 Å². The van der Waals surface area contributed by atoms with Gasteiger partial charge in [-0.3, -0.25) is 24.3 Å². The van der Waals surface area contributed by atoms with Crippen molar-refractivity contribution >= 4 is 11.6 Å². The van der Waals surface area contributed by atoms with Crippen LogP contribution in [0.2, 0.25) is 0 Å². The van der Waals surface area contributed by atoms with Gasteiger partial charge in [0.05, 0.1) is 16.8 Å². The molecule has 0 aliphatic carbocycles. The van der Waals surface area contributed by atoms with Crippen molar-refractivity contribution in [3.63, 3.8) is 0 Å². The third-order valence-corrected chi connectivity index (χ3v) is 3.93. The number of benzene rings is 1.